The number of nitrogens with zero attached hydrogens (tertiary/aromatic N) is 3. The molecule has 0 rings (SSSR count). The molecule has 0 aromatic rings. The Morgan fingerprint density at radius 1 is 1.08 bits per heavy atom. The van der Waals surface area contributed by atoms with Crippen molar-refractivity contribution in [1.82, 2.24) is 0 Å². The quantitative estimate of drug-likeness (QED) is 0.616. The van der Waals surface area contributed by atoms with Crippen molar-refractivity contribution < 1.29 is 0 Å². The van der Waals surface area contributed by atoms with E-state index in [1.54, 1.807) is 0 Å². The smallest absolute Gasteiger partial charge is 0.166 e. The van der Waals surface area contributed by atoms with Crippen molar-refractivity contribution in [2.45, 2.75) is 58.5 Å². The predicted octanol–water partition coefficient (Wildman–Crippen LogP) is 3.32. The minimum Gasteiger partial charge on any atom is -0.196 e. The van der Waals surface area contributed by atoms with Crippen LogP contribution in [0.1, 0.15) is 47.5 Å². The molecule has 0 atom stereocenters. The molecule has 0 saturated carbocycles. The summed E-state index contributed by atoms with van der Waals surface area (Å²) in [4.78, 5) is 0. The minimum absolute atomic E-state index is 0.188. The van der Waals surface area contributed by atoms with Crippen LogP contribution in [-0.2, 0) is 0 Å². The summed E-state index contributed by atoms with van der Waals surface area (Å²) in [6, 6.07) is 2.23. The van der Waals surface area contributed by atoms with Crippen LogP contribution in [0.25, 0.3) is 0 Å². The van der Waals surface area contributed by atoms with Gasteiger partial charge in [-0.25, -0.2) is 0 Å². The van der Waals surface area contributed by atoms with E-state index in [9.17, 15) is 0 Å². The summed E-state index contributed by atoms with van der Waals surface area (Å²) in [5, 5.41) is 17.3. The first-order valence-electron chi connectivity index (χ1n) is 4.74. The van der Waals surface area contributed by atoms with Crippen molar-refractivity contribution in [2.24, 2.45) is 10.2 Å². The van der Waals surface area contributed by atoms with Crippen LogP contribution in [-0.4, -0.2) is 11.1 Å². The van der Waals surface area contributed by atoms with Crippen LogP contribution >= 0.6 is 0 Å². The Hall–Kier alpha value is -0.910. The second-order valence-corrected chi connectivity index (χ2v) is 4.22. The van der Waals surface area contributed by atoms with Crippen LogP contribution < -0.4 is 0 Å². The first-order chi connectivity index (χ1) is 5.89. The SMILES string of the molecule is CCC(C#N)(CC)/N=N/C(C)(C)C. The van der Waals surface area contributed by atoms with Gasteiger partial charge in [0.1, 0.15) is 0 Å². The van der Waals surface area contributed by atoms with Gasteiger partial charge in [0.2, 0.25) is 0 Å². The van der Waals surface area contributed by atoms with E-state index in [2.05, 4.69) is 16.3 Å². The number of azo groups is 1. The molecule has 0 aromatic heterocycles. The monoisotopic (exact) mass is 181 g/mol. The van der Waals surface area contributed by atoms with Crippen molar-refractivity contribution in [2.75, 3.05) is 0 Å². The largest absolute Gasteiger partial charge is 0.196 e. The summed E-state index contributed by atoms with van der Waals surface area (Å²) in [6.45, 7) is 9.86. The maximum absolute atomic E-state index is 8.97. The van der Waals surface area contributed by atoms with Crippen molar-refractivity contribution in [3.8, 4) is 6.07 Å². The second kappa shape index (κ2) is 4.36. The molecule has 0 amide bonds. The summed E-state index contributed by atoms with van der Waals surface area (Å²) in [6.07, 6.45) is 1.44. The summed E-state index contributed by atoms with van der Waals surface area (Å²) >= 11 is 0. The van der Waals surface area contributed by atoms with Gasteiger partial charge in [-0.3, -0.25) is 0 Å². The van der Waals surface area contributed by atoms with Crippen molar-refractivity contribution in [1.29, 1.82) is 5.26 Å². The highest BCUT2D eigenvalue weighted by Crippen LogP contribution is 2.22. The zero-order valence-corrected chi connectivity index (χ0v) is 9.26. The Kier molecular flexibility index (Phi) is 4.06. The standard InChI is InChI=1S/C10H19N3/c1-6-10(7-2,8-11)13-12-9(3,4)5/h6-7H2,1-5H3/b13-12+. The van der Waals surface area contributed by atoms with E-state index in [-0.39, 0.29) is 5.54 Å². The highest BCUT2D eigenvalue weighted by Gasteiger charge is 2.25. The van der Waals surface area contributed by atoms with E-state index in [0.29, 0.717) is 0 Å². The third kappa shape index (κ3) is 4.02. The van der Waals surface area contributed by atoms with E-state index < -0.39 is 5.54 Å². The highest BCUT2D eigenvalue weighted by molar-refractivity contribution is 5.05. The Morgan fingerprint density at radius 3 is 1.77 bits per heavy atom. The van der Waals surface area contributed by atoms with Crippen LogP contribution in [0.5, 0.6) is 0 Å². The lowest BCUT2D eigenvalue weighted by Crippen LogP contribution is -2.22. The third-order valence-electron chi connectivity index (χ3n) is 1.92. The van der Waals surface area contributed by atoms with Gasteiger partial charge < -0.3 is 0 Å². The summed E-state index contributed by atoms with van der Waals surface area (Å²) < 4.78 is 0. The molecular formula is C10H19N3. The van der Waals surface area contributed by atoms with Gasteiger partial charge in [-0.15, -0.1) is 0 Å². The molecule has 0 aromatic carbocycles. The molecule has 0 fully saturated rings. The molecule has 13 heavy (non-hydrogen) atoms. The summed E-state index contributed by atoms with van der Waals surface area (Å²) in [5.41, 5.74) is -0.792. The fourth-order valence-electron chi connectivity index (χ4n) is 0.818. The molecule has 0 spiro atoms. The first-order valence-corrected chi connectivity index (χ1v) is 4.74. The third-order valence-corrected chi connectivity index (χ3v) is 1.92. The topological polar surface area (TPSA) is 48.5 Å². The van der Waals surface area contributed by atoms with Crippen LogP contribution in [0, 0.1) is 11.3 Å². The van der Waals surface area contributed by atoms with Gasteiger partial charge >= 0.3 is 0 Å². The fourth-order valence-corrected chi connectivity index (χ4v) is 0.818. The fraction of sp³-hybridized carbons (Fsp3) is 0.900. The van der Waals surface area contributed by atoms with Gasteiger partial charge in [0, 0.05) is 0 Å². The van der Waals surface area contributed by atoms with Gasteiger partial charge in [0.05, 0.1) is 11.6 Å². The lowest BCUT2D eigenvalue weighted by Gasteiger charge is -2.19. The van der Waals surface area contributed by atoms with E-state index >= 15 is 0 Å². The molecular weight excluding hydrogens is 162 g/mol. The van der Waals surface area contributed by atoms with Gasteiger partial charge in [0.25, 0.3) is 0 Å². The Labute approximate surface area is 80.9 Å². The predicted molar refractivity (Wildman–Crippen MR) is 53.5 cm³/mol. The molecule has 0 unspecified atom stereocenters. The van der Waals surface area contributed by atoms with Gasteiger partial charge in [0.15, 0.2) is 5.54 Å². The molecule has 0 aliphatic heterocycles. The van der Waals surface area contributed by atoms with Crippen LogP contribution in [0.15, 0.2) is 10.2 Å². The van der Waals surface area contributed by atoms with Crippen LogP contribution in [0.4, 0.5) is 0 Å². The maximum Gasteiger partial charge on any atom is 0.166 e. The average Bonchev–Trinajstić information content (AvgIpc) is 2.06. The van der Waals surface area contributed by atoms with E-state index in [1.165, 1.54) is 0 Å². The Bertz CT molecular complexity index is 213. The Morgan fingerprint density at radius 2 is 1.54 bits per heavy atom. The normalized spacial score (nSPS) is 13.2. The zero-order valence-electron chi connectivity index (χ0n) is 9.26. The van der Waals surface area contributed by atoms with Gasteiger partial charge in [-0.05, 0) is 33.6 Å². The molecule has 0 bridgehead atoms. The van der Waals surface area contributed by atoms with Crippen LogP contribution in [0.3, 0.4) is 0 Å². The molecule has 3 nitrogen and oxygen atoms in total. The molecule has 0 aliphatic carbocycles. The van der Waals surface area contributed by atoms with E-state index in [1.807, 2.05) is 34.6 Å². The molecule has 0 heterocycles. The van der Waals surface area contributed by atoms with Crippen LogP contribution in [0.2, 0.25) is 0 Å². The minimum atomic E-state index is -0.604. The molecule has 0 aliphatic rings. The molecule has 0 saturated heterocycles. The second-order valence-electron chi connectivity index (χ2n) is 4.22. The van der Waals surface area contributed by atoms with Crippen molar-refractivity contribution in [3.05, 3.63) is 0 Å². The lowest BCUT2D eigenvalue weighted by molar-refractivity contribution is 0.435. The van der Waals surface area contributed by atoms with Crippen molar-refractivity contribution >= 4 is 0 Å². The first kappa shape index (κ1) is 12.1. The van der Waals surface area contributed by atoms with E-state index in [4.69, 9.17) is 5.26 Å². The zero-order chi connectivity index (χ0) is 10.5. The molecule has 3 heteroatoms. The average molecular weight is 181 g/mol. The molecule has 0 N–H and O–H groups in total. The van der Waals surface area contributed by atoms with Gasteiger partial charge in [-0.2, -0.15) is 15.5 Å². The number of rotatable bonds is 3. The number of hydrogen-bond acceptors (Lipinski definition) is 3. The summed E-state index contributed by atoms with van der Waals surface area (Å²) in [7, 11) is 0. The van der Waals surface area contributed by atoms with E-state index in [0.717, 1.165) is 12.8 Å². The van der Waals surface area contributed by atoms with Crippen molar-refractivity contribution in [3.63, 3.8) is 0 Å². The summed E-state index contributed by atoms with van der Waals surface area (Å²) in [5.74, 6) is 0. The number of nitriles is 1. The molecule has 0 radical (unpaired) electrons. The lowest BCUT2D eigenvalue weighted by atomic mass is 9.96. The Balaban J connectivity index is 4.63. The van der Waals surface area contributed by atoms with Gasteiger partial charge in [-0.1, -0.05) is 13.8 Å². The number of hydrogen-bond donors (Lipinski definition) is 0. The maximum atomic E-state index is 8.97. The highest BCUT2D eigenvalue weighted by atomic mass is 15.2. The molecule has 74 valence electrons.